The van der Waals surface area contributed by atoms with Crippen LogP contribution >= 0.6 is 0 Å². The van der Waals surface area contributed by atoms with E-state index in [1.807, 2.05) is 20.8 Å². The lowest BCUT2D eigenvalue weighted by Crippen LogP contribution is -2.61. The Morgan fingerprint density at radius 2 is 1.72 bits per heavy atom. The molecule has 0 aromatic carbocycles. The Hall–Kier alpha value is -1.86. The second-order valence-electron chi connectivity index (χ2n) is 11.4. The van der Waals surface area contributed by atoms with Crippen molar-refractivity contribution in [2.45, 2.75) is 101 Å². The fourth-order valence-electron chi connectivity index (χ4n) is 7.12. The van der Waals surface area contributed by atoms with Gasteiger partial charge < -0.3 is 44.2 Å². The summed E-state index contributed by atoms with van der Waals surface area (Å²) in [5.74, 6) is -0.832. The van der Waals surface area contributed by atoms with Crippen molar-refractivity contribution >= 4 is 5.97 Å². The Kier molecular flexibility index (Phi) is 6.15. The zero-order chi connectivity index (χ0) is 26.3. The zero-order valence-corrected chi connectivity index (χ0v) is 20.7. The van der Waals surface area contributed by atoms with E-state index in [1.54, 1.807) is 6.92 Å². The lowest BCUT2D eigenvalue weighted by atomic mass is 9.49. The number of esters is 1. The molecule has 11 heteroatoms. The molecule has 5 rings (SSSR count). The molecule has 2 saturated heterocycles. The van der Waals surface area contributed by atoms with E-state index < -0.39 is 84.0 Å². The van der Waals surface area contributed by atoms with Gasteiger partial charge in [-0.2, -0.15) is 0 Å². The van der Waals surface area contributed by atoms with E-state index in [9.17, 15) is 35.1 Å². The van der Waals surface area contributed by atoms with Crippen LogP contribution < -0.4 is 5.63 Å². The molecule has 0 amide bonds. The lowest BCUT2D eigenvalue weighted by molar-refractivity contribution is -0.317. The number of rotatable bonds is 4. The molecular weight excluding hydrogens is 476 g/mol. The molecule has 3 fully saturated rings. The fourth-order valence-corrected chi connectivity index (χ4v) is 7.12. The Morgan fingerprint density at radius 3 is 2.36 bits per heavy atom. The molecule has 3 heterocycles. The lowest BCUT2D eigenvalue weighted by Gasteiger charge is -2.55. The number of aliphatic hydroxyl groups is 5. The van der Waals surface area contributed by atoms with Gasteiger partial charge in [0.05, 0.1) is 18.1 Å². The van der Waals surface area contributed by atoms with Gasteiger partial charge >= 0.3 is 11.6 Å². The van der Waals surface area contributed by atoms with Crippen LogP contribution in [0.4, 0.5) is 0 Å². The molecule has 1 unspecified atom stereocenters. The molecule has 200 valence electrons. The van der Waals surface area contributed by atoms with Crippen molar-refractivity contribution in [3.05, 3.63) is 33.4 Å². The van der Waals surface area contributed by atoms with Crippen molar-refractivity contribution in [2.75, 3.05) is 6.61 Å². The number of fused-ring (bicyclic) bond motifs is 2. The highest BCUT2D eigenvalue weighted by atomic mass is 16.7. The first kappa shape index (κ1) is 25.8. The van der Waals surface area contributed by atoms with Crippen molar-refractivity contribution < 1.29 is 49.0 Å². The molecule has 2 aliphatic heterocycles. The van der Waals surface area contributed by atoms with E-state index in [2.05, 4.69) is 0 Å². The minimum atomic E-state index is -1.60. The SMILES string of the molecule is CC(C)c1oc(=O)cc2c1[C@@H](O)C1OC(=O)[C@@]3(C)C[C@H](O[C@@H]4O[C@H](CO)[C@@H](O)[C@H](O)[C@H]4O)C[C@@]2(C)[C@@H]13. The van der Waals surface area contributed by atoms with E-state index in [4.69, 9.17) is 18.6 Å². The van der Waals surface area contributed by atoms with Crippen molar-refractivity contribution in [3.8, 4) is 0 Å². The zero-order valence-electron chi connectivity index (χ0n) is 20.7. The number of hydrogen-bond acceptors (Lipinski definition) is 11. The molecule has 11 atom stereocenters. The number of aliphatic hydroxyl groups excluding tert-OH is 5. The second kappa shape index (κ2) is 8.59. The molecule has 36 heavy (non-hydrogen) atoms. The Labute approximate surface area is 207 Å². The first-order valence-electron chi connectivity index (χ1n) is 12.4. The standard InChI is InChI=1S/C25H34O11/c1-9(2)19-14-11(5-13(27)35-19)24(3)6-10(7-25(4)21(24)20(16(14)29)36-23(25)32)33-22-18(31)17(30)15(28)12(8-26)34-22/h5,9-10,12,15-18,20-22,26,28-31H,6-8H2,1-4H3/t10-,12-,15-,16-,17+,18-,20?,21-,22-,24-,25+/m1/s1. The molecule has 2 aliphatic carbocycles. The smallest absolute Gasteiger partial charge is 0.336 e. The molecule has 11 nitrogen and oxygen atoms in total. The van der Waals surface area contributed by atoms with Crippen LogP contribution in [-0.4, -0.2) is 81.0 Å². The molecule has 0 spiro atoms. The minimum absolute atomic E-state index is 0.179. The Balaban J connectivity index is 1.57. The maximum atomic E-state index is 13.2. The van der Waals surface area contributed by atoms with E-state index in [0.717, 1.165) is 0 Å². The van der Waals surface area contributed by atoms with Gasteiger partial charge in [0.25, 0.3) is 0 Å². The minimum Gasteiger partial charge on any atom is -0.458 e. The van der Waals surface area contributed by atoms with E-state index >= 15 is 0 Å². The normalized spacial score (nSPS) is 45.8. The third kappa shape index (κ3) is 3.52. The summed E-state index contributed by atoms with van der Waals surface area (Å²) < 4.78 is 22.9. The summed E-state index contributed by atoms with van der Waals surface area (Å²) in [5.41, 5.74) is -1.48. The van der Waals surface area contributed by atoms with Crippen LogP contribution in [0.5, 0.6) is 0 Å². The average molecular weight is 511 g/mol. The van der Waals surface area contributed by atoms with Crippen molar-refractivity contribution in [2.24, 2.45) is 11.3 Å². The van der Waals surface area contributed by atoms with Crippen LogP contribution in [0.3, 0.4) is 0 Å². The Morgan fingerprint density at radius 1 is 1.06 bits per heavy atom. The predicted molar refractivity (Wildman–Crippen MR) is 121 cm³/mol. The largest absolute Gasteiger partial charge is 0.458 e. The van der Waals surface area contributed by atoms with Crippen LogP contribution in [0.2, 0.25) is 0 Å². The first-order valence-corrected chi connectivity index (χ1v) is 12.4. The number of ether oxygens (including phenoxy) is 3. The molecule has 4 aliphatic rings. The maximum absolute atomic E-state index is 13.2. The summed E-state index contributed by atoms with van der Waals surface area (Å²) in [6, 6.07) is 1.36. The van der Waals surface area contributed by atoms with Crippen molar-refractivity contribution in [1.29, 1.82) is 0 Å². The van der Waals surface area contributed by atoms with E-state index in [-0.39, 0.29) is 18.8 Å². The summed E-state index contributed by atoms with van der Waals surface area (Å²) >= 11 is 0. The van der Waals surface area contributed by atoms with Crippen LogP contribution in [0.25, 0.3) is 0 Å². The summed E-state index contributed by atoms with van der Waals surface area (Å²) in [6.45, 7) is 6.74. The molecule has 0 bridgehead atoms. The van der Waals surface area contributed by atoms with Crippen LogP contribution in [0.15, 0.2) is 15.3 Å². The highest BCUT2D eigenvalue weighted by Crippen LogP contribution is 2.64. The average Bonchev–Trinajstić information content (AvgIpc) is 3.08. The van der Waals surface area contributed by atoms with Crippen LogP contribution in [-0.2, 0) is 24.4 Å². The number of carbonyl (C=O) groups excluding carboxylic acids is 1. The van der Waals surface area contributed by atoms with Crippen molar-refractivity contribution in [3.63, 3.8) is 0 Å². The highest BCUT2D eigenvalue weighted by Gasteiger charge is 2.69. The Bertz CT molecular complexity index is 1100. The molecular formula is C25H34O11. The van der Waals surface area contributed by atoms with Gasteiger partial charge in [0, 0.05) is 28.9 Å². The van der Waals surface area contributed by atoms with Gasteiger partial charge in [-0.15, -0.1) is 0 Å². The van der Waals surface area contributed by atoms with Gasteiger partial charge in [-0.05, 0) is 25.3 Å². The van der Waals surface area contributed by atoms with Crippen molar-refractivity contribution in [1.82, 2.24) is 0 Å². The van der Waals surface area contributed by atoms with E-state index in [0.29, 0.717) is 16.9 Å². The van der Waals surface area contributed by atoms with E-state index in [1.165, 1.54) is 6.07 Å². The molecule has 1 saturated carbocycles. The van der Waals surface area contributed by atoms with Gasteiger partial charge in [0.2, 0.25) is 0 Å². The van der Waals surface area contributed by atoms with Crippen LogP contribution in [0, 0.1) is 11.3 Å². The fraction of sp³-hybridized carbons (Fsp3) is 0.760. The molecule has 1 aromatic heterocycles. The molecule has 0 radical (unpaired) electrons. The summed E-state index contributed by atoms with van der Waals surface area (Å²) in [6.07, 6.45) is -9.45. The summed E-state index contributed by atoms with van der Waals surface area (Å²) in [4.78, 5) is 25.8. The van der Waals surface area contributed by atoms with Gasteiger partial charge in [-0.3, -0.25) is 4.79 Å². The number of carbonyl (C=O) groups is 1. The summed E-state index contributed by atoms with van der Waals surface area (Å²) in [5, 5.41) is 51.6. The maximum Gasteiger partial charge on any atom is 0.336 e. The number of hydrogen-bond donors (Lipinski definition) is 5. The van der Waals surface area contributed by atoms with Gasteiger partial charge in [0.1, 0.15) is 42.4 Å². The van der Waals surface area contributed by atoms with Crippen LogP contribution in [0.1, 0.15) is 69.4 Å². The molecule has 1 aromatic rings. The third-order valence-corrected chi connectivity index (χ3v) is 8.66. The van der Waals surface area contributed by atoms with Gasteiger partial charge in [-0.25, -0.2) is 4.79 Å². The highest BCUT2D eigenvalue weighted by molar-refractivity contribution is 5.81. The first-order chi connectivity index (χ1) is 16.8. The quantitative estimate of drug-likeness (QED) is 0.333. The topological polar surface area (TPSA) is 176 Å². The molecule has 5 N–H and O–H groups in total. The summed E-state index contributed by atoms with van der Waals surface area (Å²) in [7, 11) is 0. The second-order valence-corrected chi connectivity index (χ2v) is 11.4. The van der Waals surface area contributed by atoms with Gasteiger partial charge in [-0.1, -0.05) is 20.8 Å². The van der Waals surface area contributed by atoms with Gasteiger partial charge in [0.15, 0.2) is 6.29 Å². The predicted octanol–water partition coefficient (Wildman–Crippen LogP) is -0.405. The third-order valence-electron chi connectivity index (χ3n) is 8.66. The monoisotopic (exact) mass is 510 g/mol.